The van der Waals surface area contributed by atoms with Crippen LogP contribution in [0.1, 0.15) is 5.56 Å². The highest BCUT2D eigenvalue weighted by molar-refractivity contribution is 6.39. The lowest BCUT2D eigenvalue weighted by Gasteiger charge is -2.12. The van der Waals surface area contributed by atoms with Gasteiger partial charge in [0.1, 0.15) is 11.9 Å². The first-order chi connectivity index (χ1) is 9.02. The summed E-state index contributed by atoms with van der Waals surface area (Å²) in [7, 11) is 0. The van der Waals surface area contributed by atoms with Crippen LogP contribution in [-0.4, -0.2) is 0 Å². The Morgan fingerprint density at radius 2 is 1.68 bits per heavy atom. The van der Waals surface area contributed by atoms with Crippen LogP contribution in [0.3, 0.4) is 0 Å². The molecular weight excluding hydrogens is 310 g/mol. The van der Waals surface area contributed by atoms with Crippen molar-refractivity contribution < 1.29 is 4.39 Å². The molecule has 0 saturated heterocycles. The lowest BCUT2D eigenvalue weighted by atomic mass is 10.2. The maximum absolute atomic E-state index is 13.1. The van der Waals surface area contributed by atoms with Gasteiger partial charge >= 0.3 is 0 Å². The number of benzene rings is 2. The predicted molar refractivity (Wildman–Crippen MR) is 75.9 cm³/mol. The van der Waals surface area contributed by atoms with Crippen LogP contribution in [0.15, 0.2) is 30.3 Å². The van der Waals surface area contributed by atoms with Crippen LogP contribution in [0.25, 0.3) is 0 Å². The number of rotatable bonds is 2. The van der Waals surface area contributed by atoms with Gasteiger partial charge in [0.25, 0.3) is 0 Å². The molecule has 1 N–H and O–H groups in total. The first-order valence-electron chi connectivity index (χ1n) is 5.13. The summed E-state index contributed by atoms with van der Waals surface area (Å²) in [6.07, 6.45) is 0. The van der Waals surface area contributed by atoms with Gasteiger partial charge in [0.05, 0.1) is 32.0 Å². The number of anilines is 2. The fourth-order valence-electron chi connectivity index (χ4n) is 1.54. The van der Waals surface area contributed by atoms with Crippen molar-refractivity contribution >= 4 is 46.2 Å². The van der Waals surface area contributed by atoms with Gasteiger partial charge in [-0.05, 0) is 24.3 Å². The topological polar surface area (TPSA) is 35.8 Å². The first-order valence-corrected chi connectivity index (χ1v) is 6.26. The molecule has 0 aliphatic heterocycles. The summed E-state index contributed by atoms with van der Waals surface area (Å²) in [5.74, 6) is -0.535. The SMILES string of the molecule is N#Cc1c(Cl)cccc1Nc1c(Cl)cc(F)cc1Cl. The monoisotopic (exact) mass is 314 g/mol. The van der Waals surface area contributed by atoms with Crippen LogP contribution in [0.5, 0.6) is 0 Å². The minimum absolute atomic E-state index is 0.119. The van der Waals surface area contributed by atoms with E-state index in [9.17, 15) is 4.39 Å². The van der Waals surface area contributed by atoms with E-state index in [1.165, 1.54) is 0 Å². The van der Waals surface area contributed by atoms with Crippen LogP contribution in [0, 0.1) is 17.1 Å². The van der Waals surface area contributed by atoms with E-state index in [4.69, 9.17) is 40.1 Å². The van der Waals surface area contributed by atoms with Crippen LogP contribution in [0.2, 0.25) is 15.1 Å². The fourth-order valence-corrected chi connectivity index (χ4v) is 2.31. The van der Waals surface area contributed by atoms with Gasteiger partial charge in [-0.1, -0.05) is 40.9 Å². The molecule has 2 aromatic carbocycles. The Hall–Kier alpha value is -1.47. The standard InChI is InChI=1S/C13H6Cl3FN2/c14-9-2-1-3-12(8(9)6-18)19-13-10(15)4-7(17)5-11(13)16/h1-5,19H. The minimum atomic E-state index is -0.535. The van der Waals surface area contributed by atoms with Gasteiger partial charge in [0.2, 0.25) is 0 Å². The second-order valence-corrected chi connectivity index (χ2v) is 4.87. The van der Waals surface area contributed by atoms with Crippen molar-refractivity contribution in [1.82, 2.24) is 0 Å². The van der Waals surface area contributed by atoms with E-state index in [1.807, 2.05) is 6.07 Å². The zero-order chi connectivity index (χ0) is 14.0. The van der Waals surface area contributed by atoms with Crippen molar-refractivity contribution in [3.8, 4) is 6.07 Å². The zero-order valence-electron chi connectivity index (χ0n) is 9.35. The molecule has 19 heavy (non-hydrogen) atoms. The molecule has 0 saturated carbocycles. The maximum Gasteiger partial charge on any atom is 0.126 e. The van der Waals surface area contributed by atoms with E-state index < -0.39 is 5.82 Å². The molecule has 0 heterocycles. The van der Waals surface area contributed by atoms with Crippen LogP contribution < -0.4 is 5.32 Å². The molecule has 0 atom stereocenters. The van der Waals surface area contributed by atoms with Gasteiger partial charge in [-0.15, -0.1) is 0 Å². The number of hydrogen-bond acceptors (Lipinski definition) is 2. The summed E-state index contributed by atoms with van der Waals surface area (Å²) >= 11 is 17.7. The van der Waals surface area contributed by atoms with Crippen molar-refractivity contribution in [2.75, 3.05) is 5.32 Å². The molecule has 0 unspecified atom stereocenters. The van der Waals surface area contributed by atoms with Crippen LogP contribution in [0.4, 0.5) is 15.8 Å². The van der Waals surface area contributed by atoms with Crippen molar-refractivity contribution in [3.05, 3.63) is 56.8 Å². The van der Waals surface area contributed by atoms with Gasteiger partial charge in [0, 0.05) is 0 Å². The van der Waals surface area contributed by atoms with Crippen molar-refractivity contribution in [3.63, 3.8) is 0 Å². The molecule has 0 radical (unpaired) electrons. The Morgan fingerprint density at radius 3 is 2.26 bits per heavy atom. The molecule has 2 nitrogen and oxygen atoms in total. The summed E-state index contributed by atoms with van der Waals surface area (Å²) < 4.78 is 13.1. The van der Waals surface area contributed by atoms with Crippen molar-refractivity contribution in [1.29, 1.82) is 5.26 Å². The Bertz CT molecular complexity index is 657. The Balaban J connectivity index is 2.49. The van der Waals surface area contributed by atoms with Gasteiger partial charge in [-0.25, -0.2) is 4.39 Å². The van der Waals surface area contributed by atoms with Crippen LogP contribution in [-0.2, 0) is 0 Å². The van der Waals surface area contributed by atoms with Gasteiger partial charge in [-0.3, -0.25) is 0 Å². The number of nitriles is 1. The molecule has 0 amide bonds. The summed E-state index contributed by atoms with van der Waals surface area (Å²) in [4.78, 5) is 0. The Kier molecular flexibility index (Phi) is 4.16. The molecule has 2 rings (SSSR count). The Labute approximate surface area is 124 Å². The zero-order valence-corrected chi connectivity index (χ0v) is 11.6. The van der Waals surface area contributed by atoms with E-state index in [0.717, 1.165) is 12.1 Å². The van der Waals surface area contributed by atoms with E-state index >= 15 is 0 Å². The molecule has 0 aromatic heterocycles. The third kappa shape index (κ3) is 2.93. The smallest absolute Gasteiger partial charge is 0.126 e. The highest BCUT2D eigenvalue weighted by atomic mass is 35.5. The third-order valence-corrected chi connectivity index (χ3v) is 3.30. The summed E-state index contributed by atoms with van der Waals surface area (Å²) in [6.45, 7) is 0. The minimum Gasteiger partial charge on any atom is -0.352 e. The number of nitrogens with one attached hydrogen (secondary N) is 1. The summed E-state index contributed by atoms with van der Waals surface area (Å²) in [6, 6.07) is 9.17. The van der Waals surface area contributed by atoms with Crippen molar-refractivity contribution in [2.45, 2.75) is 0 Å². The molecule has 0 bridgehead atoms. The van der Waals surface area contributed by atoms with Gasteiger partial charge in [0.15, 0.2) is 0 Å². The lowest BCUT2D eigenvalue weighted by molar-refractivity contribution is 0.628. The normalized spacial score (nSPS) is 10.1. The number of halogens is 4. The van der Waals surface area contributed by atoms with Gasteiger partial charge in [-0.2, -0.15) is 5.26 Å². The average Bonchev–Trinajstić information content (AvgIpc) is 2.34. The molecule has 2 aromatic rings. The average molecular weight is 316 g/mol. The maximum atomic E-state index is 13.1. The largest absolute Gasteiger partial charge is 0.352 e. The second kappa shape index (κ2) is 5.66. The van der Waals surface area contributed by atoms with E-state index in [-0.39, 0.29) is 15.6 Å². The quantitative estimate of drug-likeness (QED) is 0.805. The Morgan fingerprint density at radius 1 is 1.05 bits per heavy atom. The molecule has 0 fully saturated rings. The summed E-state index contributed by atoms with van der Waals surface area (Å²) in [5.41, 5.74) is 1.04. The fraction of sp³-hybridized carbons (Fsp3) is 0. The lowest BCUT2D eigenvalue weighted by Crippen LogP contribution is -1.96. The van der Waals surface area contributed by atoms with Crippen molar-refractivity contribution in [2.24, 2.45) is 0 Å². The molecule has 6 heteroatoms. The molecule has 96 valence electrons. The molecular formula is C13H6Cl3FN2. The van der Waals surface area contributed by atoms with Crippen LogP contribution >= 0.6 is 34.8 Å². The number of hydrogen-bond donors (Lipinski definition) is 1. The third-order valence-electron chi connectivity index (χ3n) is 2.39. The molecule has 0 aliphatic carbocycles. The van der Waals surface area contributed by atoms with E-state index in [0.29, 0.717) is 16.4 Å². The summed E-state index contributed by atoms with van der Waals surface area (Å²) in [5, 5.41) is 12.5. The first kappa shape index (κ1) is 14.0. The van der Waals surface area contributed by atoms with Gasteiger partial charge < -0.3 is 5.32 Å². The second-order valence-electron chi connectivity index (χ2n) is 3.64. The van der Waals surface area contributed by atoms with E-state index in [2.05, 4.69) is 5.32 Å². The number of nitrogens with zero attached hydrogens (tertiary/aromatic N) is 1. The highest BCUT2D eigenvalue weighted by Gasteiger charge is 2.12. The molecule has 0 spiro atoms. The van der Waals surface area contributed by atoms with E-state index in [1.54, 1.807) is 18.2 Å². The molecule has 0 aliphatic rings. The highest BCUT2D eigenvalue weighted by Crippen LogP contribution is 2.35. The predicted octanol–water partition coefficient (Wildman–Crippen LogP) is 5.40.